The van der Waals surface area contributed by atoms with Gasteiger partial charge in [0.25, 0.3) is 5.56 Å². The first-order chi connectivity index (χ1) is 10.2. The van der Waals surface area contributed by atoms with Gasteiger partial charge >= 0.3 is 0 Å². The van der Waals surface area contributed by atoms with Crippen LogP contribution >= 0.6 is 11.6 Å². The first-order valence-corrected chi connectivity index (χ1v) is 6.37. The van der Waals surface area contributed by atoms with Gasteiger partial charge in [-0.1, -0.05) is 23.7 Å². The third-order valence-corrected chi connectivity index (χ3v) is 3.12. The molecule has 0 unspecified atom stereocenters. The lowest BCUT2D eigenvalue weighted by Gasteiger charge is -2.04. The summed E-state index contributed by atoms with van der Waals surface area (Å²) < 4.78 is 13.8. The summed E-state index contributed by atoms with van der Waals surface area (Å²) in [7, 11) is 0. The van der Waals surface area contributed by atoms with Gasteiger partial charge in [-0.25, -0.2) is 4.39 Å². The van der Waals surface area contributed by atoms with Crippen LogP contribution < -0.4 is 5.56 Å². The molecule has 7 heteroatoms. The van der Waals surface area contributed by atoms with E-state index < -0.39 is 11.4 Å². The Bertz CT molecular complexity index is 831. The van der Waals surface area contributed by atoms with Gasteiger partial charge in [-0.15, -0.1) is 10.2 Å². The Hall–Kier alpha value is -2.60. The third kappa shape index (κ3) is 2.53. The predicted molar refractivity (Wildman–Crippen MR) is 76.3 cm³/mol. The zero-order valence-electron chi connectivity index (χ0n) is 10.5. The van der Waals surface area contributed by atoms with Gasteiger partial charge < -0.3 is 4.98 Å². The highest BCUT2D eigenvalue weighted by atomic mass is 35.5. The molecule has 0 aliphatic heterocycles. The Morgan fingerprint density at radius 3 is 2.62 bits per heavy atom. The van der Waals surface area contributed by atoms with Gasteiger partial charge in [0, 0.05) is 6.20 Å². The van der Waals surface area contributed by atoms with Crippen LogP contribution in [0.5, 0.6) is 0 Å². The number of aromatic nitrogens is 4. The maximum Gasteiger partial charge on any atom is 0.278 e. The van der Waals surface area contributed by atoms with Crippen molar-refractivity contribution in [2.24, 2.45) is 0 Å². The summed E-state index contributed by atoms with van der Waals surface area (Å²) in [6, 6.07) is 9.30. The van der Waals surface area contributed by atoms with Crippen LogP contribution in [0.15, 0.2) is 47.4 Å². The Labute approximate surface area is 123 Å². The molecule has 2 heterocycles. The van der Waals surface area contributed by atoms with Crippen molar-refractivity contribution < 1.29 is 4.39 Å². The van der Waals surface area contributed by atoms with Crippen molar-refractivity contribution >= 4 is 11.6 Å². The summed E-state index contributed by atoms with van der Waals surface area (Å²) in [5.74, 6) is -0.426. The average Bonchev–Trinajstić information content (AvgIpc) is 2.49. The molecule has 2 aromatic heterocycles. The van der Waals surface area contributed by atoms with Crippen molar-refractivity contribution in [3.05, 3.63) is 63.8 Å². The molecule has 0 fully saturated rings. The molecule has 21 heavy (non-hydrogen) atoms. The zero-order valence-corrected chi connectivity index (χ0v) is 11.3. The molecular weight excluding hydrogens is 295 g/mol. The Morgan fingerprint density at radius 2 is 1.95 bits per heavy atom. The van der Waals surface area contributed by atoms with Gasteiger partial charge in [0.05, 0.1) is 10.6 Å². The minimum atomic E-state index is -0.632. The zero-order chi connectivity index (χ0) is 14.8. The third-order valence-electron chi connectivity index (χ3n) is 2.80. The van der Waals surface area contributed by atoms with Crippen LogP contribution in [-0.2, 0) is 0 Å². The standard InChI is InChI=1S/C14H8ClFN4O/c15-8-4-3-5-9(16)11(8)12-14(21)18-13(20-19-12)10-6-1-2-7-17-10/h1-7H,(H,18,20,21). The Morgan fingerprint density at radius 1 is 1.10 bits per heavy atom. The molecule has 0 atom stereocenters. The molecule has 1 N–H and O–H groups in total. The lowest BCUT2D eigenvalue weighted by atomic mass is 10.1. The lowest BCUT2D eigenvalue weighted by molar-refractivity contribution is 0.630. The summed E-state index contributed by atoms with van der Waals surface area (Å²) in [6.45, 7) is 0. The molecule has 0 amide bonds. The highest BCUT2D eigenvalue weighted by Gasteiger charge is 2.16. The van der Waals surface area contributed by atoms with Crippen LogP contribution in [0.4, 0.5) is 4.39 Å². The molecule has 1 aromatic carbocycles. The molecule has 3 aromatic rings. The topological polar surface area (TPSA) is 71.5 Å². The van der Waals surface area contributed by atoms with Gasteiger partial charge in [-0.3, -0.25) is 9.78 Å². The van der Waals surface area contributed by atoms with Crippen molar-refractivity contribution in [3.8, 4) is 22.8 Å². The molecule has 5 nitrogen and oxygen atoms in total. The van der Waals surface area contributed by atoms with E-state index in [0.29, 0.717) is 5.69 Å². The Kier molecular flexibility index (Phi) is 3.45. The fraction of sp³-hybridized carbons (Fsp3) is 0. The molecule has 3 rings (SSSR count). The summed E-state index contributed by atoms with van der Waals surface area (Å²) in [4.78, 5) is 18.7. The number of nitrogens with one attached hydrogen (secondary N) is 1. The molecule has 104 valence electrons. The van der Waals surface area contributed by atoms with Crippen LogP contribution in [0.2, 0.25) is 5.02 Å². The number of nitrogens with zero attached hydrogens (tertiary/aromatic N) is 3. The van der Waals surface area contributed by atoms with Crippen molar-refractivity contribution in [2.75, 3.05) is 0 Å². The number of aromatic amines is 1. The first kappa shape index (κ1) is 13.4. The summed E-state index contributed by atoms with van der Waals surface area (Å²) in [5.41, 5.74) is -0.357. The van der Waals surface area contributed by atoms with Crippen molar-refractivity contribution in [1.29, 1.82) is 0 Å². The van der Waals surface area contributed by atoms with Crippen LogP contribution in [0, 0.1) is 5.82 Å². The first-order valence-electron chi connectivity index (χ1n) is 5.99. The SMILES string of the molecule is O=c1[nH]c(-c2ccccn2)nnc1-c1c(F)cccc1Cl. The molecule has 0 spiro atoms. The average molecular weight is 303 g/mol. The van der Waals surface area contributed by atoms with E-state index >= 15 is 0 Å². The number of benzene rings is 1. The van der Waals surface area contributed by atoms with Crippen LogP contribution in [0.3, 0.4) is 0 Å². The van der Waals surface area contributed by atoms with Crippen molar-refractivity contribution in [2.45, 2.75) is 0 Å². The molecule has 0 radical (unpaired) electrons. The number of hydrogen-bond donors (Lipinski definition) is 1. The summed E-state index contributed by atoms with van der Waals surface area (Å²) in [6.07, 6.45) is 1.57. The van der Waals surface area contributed by atoms with Gasteiger partial charge in [0.1, 0.15) is 11.5 Å². The molecule has 0 aliphatic carbocycles. The van der Waals surface area contributed by atoms with Gasteiger partial charge in [0.2, 0.25) is 0 Å². The maximum atomic E-state index is 13.8. The fourth-order valence-electron chi connectivity index (χ4n) is 1.84. The highest BCUT2D eigenvalue weighted by molar-refractivity contribution is 6.33. The second-order valence-electron chi connectivity index (χ2n) is 4.16. The molecule has 0 aliphatic rings. The van der Waals surface area contributed by atoms with E-state index in [9.17, 15) is 9.18 Å². The van der Waals surface area contributed by atoms with E-state index in [1.807, 2.05) is 0 Å². The van der Waals surface area contributed by atoms with Gasteiger partial charge in [-0.05, 0) is 24.3 Å². The Balaban J connectivity index is 2.14. The van der Waals surface area contributed by atoms with E-state index in [1.165, 1.54) is 18.2 Å². The van der Waals surface area contributed by atoms with Crippen molar-refractivity contribution in [3.63, 3.8) is 0 Å². The van der Waals surface area contributed by atoms with E-state index in [-0.39, 0.29) is 22.1 Å². The second kappa shape index (κ2) is 5.41. The monoisotopic (exact) mass is 302 g/mol. The number of halogens is 2. The number of rotatable bonds is 2. The maximum absolute atomic E-state index is 13.8. The number of pyridine rings is 1. The molecule has 0 saturated heterocycles. The highest BCUT2D eigenvalue weighted by Crippen LogP contribution is 2.26. The minimum absolute atomic E-state index is 0.0690. The molecular formula is C14H8ClFN4O. The van der Waals surface area contributed by atoms with E-state index in [4.69, 9.17) is 11.6 Å². The smallest absolute Gasteiger partial charge is 0.278 e. The van der Waals surface area contributed by atoms with E-state index in [0.717, 1.165) is 0 Å². The minimum Gasteiger partial charge on any atom is -0.302 e. The van der Waals surface area contributed by atoms with E-state index in [2.05, 4.69) is 20.2 Å². The number of H-pyrrole nitrogens is 1. The van der Waals surface area contributed by atoms with Crippen LogP contribution in [0.1, 0.15) is 0 Å². The largest absolute Gasteiger partial charge is 0.302 e. The van der Waals surface area contributed by atoms with Crippen molar-refractivity contribution in [1.82, 2.24) is 20.2 Å². The van der Waals surface area contributed by atoms with Gasteiger partial charge in [-0.2, -0.15) is 0 Å². The second-order valence-corrected chi connectivity index (χ2v) is 4.57. The normalized spacial score (nSPS) is 10.6. The molecule has 0 bridgehead atoms. The fourth-order valence-corrected chi connectivity index (χ4v) is 2.10. The molecule has 0 saturated carbocycles. The predicted octanol–water partition coefficient (Wildman–Crippen LogP) is 2.69. The number of hydrogen-bond acceptors (Lipinski definition) is 4. The summed E-state index contributed by atoms with van der Waals surface area (Å²) in [5, 5.41) is 7.76. The van der Waals surface area contributed by atoms with E-state index in [1.54, 1.807) is 24.4 Å². The van der Waals surface area contributed by atoms with Crippen LogP contribution in [0.25, 0.3) is 22.8 Å². The quantitative estimate of drug-likeness (QED) is 0.790. The summed E-state index contributed by atoms with van der Waals surface area (Å²) >= 11 is 5.92. The van der Waals surface area contributed by atoms with Gasteiger partial charge in [0.15, 0.2) is 11.5 Å². The lowest BCUT2D eigenvalue weighted by Crippen LogP contribution is -2.15. The van der Waals surface area contributed by atoms with Crippen LogP contribution in [-0.4, -0.2) is 20.2 Å².